The fraction of sp³-hybridized carbons (Fsp3) is 0.667. The lowest BCUT2D eigenvalue weighted by Crippen LogP contribution is -2.33. The van der Waals surface area contributed by atoms with Crippen LogP contribution in [-0.2, 0) is 10.0 Å². The maximum absolute atomic E-state index is 11.6. The van der Waals surface area contributed by atoms with Crippen LogP contribution in [0.2, 0.25) is 0 Å². The van der Waals surface area contributed by atoms with Crippen molar-refractivity contribution in [2.24, 2.45) is 16.5 Å². The predicted molar refractivity (Wildman–Crippen MR) is 84.5 cm³/mol. The summed E-state index contributed by atoms with van der Waals surface area (Å²) >= 11 is 0. The molecule has 1 heterocycles. The van der Waals surface area contributed by atoms with E-state index in [0.717, 1.165) is 0 Å². The molecule has 0 aromatic carbocycles. The lowest BCUT2D eigenvalue weighted by molar-refractivity contribution is 0.171. The molecule has 1 fully saturated rings. The van der Waals surface area contributed by atoms with E-state index in [1.807, 2.05) is 0 Å². The molecular weight excluding hydrogens is 286 g/mol. The van der Waals surface area contributed by atoms with Gasteiger partial charge in [0.1, 0.15) is 10.7 Å². The quantitative estimate of drug-likeness (QED) is 0.875. The number of rotatable bonds is 5. The molecule has 1 aliphatic carbocycles. The Labute approximate surface area is 127 Å². The van der Waals surface area contributed by atoms with E-state index < -0.39 is 10.0 Å². The van der Waals surface area contributed by atoms with Crippen LogP contribution in [0.1, 0.15) is 46.0 Å². The van der Waals surface area contributed by atoms with Crippen molar-refractivity contribution in [1.29, 1.82) is 0 Å². The molecule has 1 aromatic rings. The number of pyridine rings is 1. The Balaban J connectivity index is 2.09. The van der Waals surface area contributed by atoms with E-state index in [1.54, 1.807) is 12.3 Å². The third-order valence-electron chi connectivity index (χ3n) is 4.50. The molecule has 0 atom stereocenters. The average Bonchev–Trinajstić information content (AvgIpc) is 2.45. The molecule has 6 heteroatoms. The van der Waals surface area contributed by atoms with Crippen molar-refractivity contribution >= 4 is 15.8 Å². The highest BCUT2D eigenvalue weighted by molar-refractivity contribution is 7.89. The van der Waals surface area contributed by atoms with Crippen LogP contribution >= 0.6 is 0 Å². The number of hydrogen-bond donors (Lipinski definition) is 2. The molecule has 0 amide bonds. The van der Waals surface area contributed by atoms with Gasteiger partial charge in [-0.15, -0.1) is 0 Å². The van der Waals surface area contributed by atoms with Gasteiger partial charge in [0, 0.05) is 12.7 Å². The molecule has 1 saturated carbocycles. The average molecular weight is 311 g/mol. The molecule has 2 rings (SSSR count). The van der Waals surface area contributed by atoms with Crippen LogP contribution in [0.3, 0.4) is 0 Å². The zero-order chi connectivity index (χ0) is 15.5. The topological polar surface area (TPSA) is 85.1 Å². The smallest absolute Gasteiger partial charge is 0.241 e. The van der Waals surface area contributed by atoms with Gasteiger partial charge in [0.05, 0.1) is 0 Å². The van der Waals surface area contributed by atoms with Gasteiger partial charge in [-0.05, 0) is 36.3 Å². The van der Waals surface area contributed by atoms with Crippen molar-refractivity contribution in [3.05, 3.63) is 18.3 Å². The minimum atomic E-state index is -3.75. The number of nitrogens with two attached hydrogens (primary N) is 1. The van der Waals surface area contributed by atoms with Crippen LogP contribution in [0.25, 0.3) is 0 Å². The molecule has 0 aliphatic heterocycles. The normalized spacial score (nSPS) is 17.7. The van der Waals surface area contributed by atoms with E-state index in [0.29, 0.717) is 18.3 Å². The van der Waals surface area contributed by atoms with E-state index in [2.05, 4.69) is 24.1 Å². The first-order valence-corrected chi connectivity index (χ1v) is 9.07. The molecule has 0 bridgehead atoms. The van der Waals surface area contributed by atoms with Crippen molar-refractivity contribution in [2.75, 3.05) is 11.9 Å². The van der Waals surface area contributed by atoms with Crippen molar-refractivity contribution in [3.8, 4) is 0 Å². The van der Waals surface area contributed by atoms with Gasteiger partial charge in [-0.1, -0.05) is 33.1 Å². The fourth-order valence-corrected chi connectivity index (χ4v) is 3.76. The second-order valence-corrected chi connectivity index (χ2v) is 8.10. The molecule has 1 aliphatic rings. The molecule has 0 radical (unpaired) electrons. The van der Waals surface area contributed by atoms with Gasteiger partial charge >= 0.3 is 0 Å². The van der Waals surface area contributed by atoms with Gasteiger partial charge in [0.25, 0.3) is 0 Å². The Hall–Kier alpha value is -1.14. The summed E-state index contributed by atoms with van der Waals surface area (Å²) in [5, 5.41) is 8.42. The highest BCUT2D eigenvalue weighted by atomic mass is 32.2. The Bertz CT molecular complexity index is 578. The first kappa shape index (κ1) is 16.2. The number of nitrogens with zero attached hydrogens (tertiary/aromatic N) is 1. The summed E-state index contributed by atoms with van der Waals surface area (Å²) < 4.78 is 23.2. The van der Waals surface area contributed by atoms with Crippen LogP contribution < -0.4 is 10.5 Å². The van der Waals surface area contributed by atoms with Crippen LogP contribution in [0.15, 0.2) is 23.2 Å². The first-order chi connectivity index (χ1) is 9.81. The SMILES string of the molecule is CC(C)(CNc1ncccc1S(N)(=O)=O)C1CCCCC1. The summed E-state index contributed by atoms with van der Waals surface area (Å²) in [4.78, 5) is 4.18. The zero-order valence-corrected chi connectivity index (χ0v) is 13.6. The minimum absolute atomic E-state index is 0.0597. The number of hydrogen-bond acceptors (Lipinski definition) is 4. The molecule has 118 valence electrons. The maximum atomic E-state index is 11.6. The molecule has 5 nitrogen and oxygen atoms in total. The first-order valence-electron chi connectivity index (χ1n) is 7.52. The minimum Gasteiger partial charge on any atom is -0.368 e. The van der Waals surface area contributed by atoms with E-state index in [-0.39, 0.29) is 10.3 Å². The van der Waals surface area contributed by atoms with Gasteiger partial charge in [0.15, 0.2) is 0 Å². The predicted octanol–water partition coefficient (Wildman–Crippen LogP) is 2.75. The number of aromatic nitrogens is 1. The molecule has 1 aromatic heterocycles. The monoisotopic (exact) mass is 311 g/mol. The summed E-state index contributed by atoms with van der Waals surface area (Å²) in [7, 11) is -3.75. The Morgan fingerprint density at radius 3 is 2.62 bits per heavy atom. The Morgan fingerprint density at radius 1 is 1.33 bits per heavy atom. The third-order valence-corrected chi connectivity index (χ3v) is 5.44. The zero-order valence-electron chi connectivity index (χ0n) is 12.8. The second-order valence-electron chi connectivity index (χ2n) is 6.57. The van der Waals surface area contributed by atoms with Crippen molar-refractivity contribution < 1.29 is 8.42 Å². The van der Waals surface area contributed by atoms with Gasteiger partial charge in [0.2, 0.25) is 10.0 Å². The summed E-state index contributed by atoms with van der Waals surface area (Å²) in [6.45, 7) is 5.16. The lowest BCUT2D eigenvalue weighted by atomic mass is 9.71. The van der Waals surface area contributed by atoms with Crippen LogP contribution in [-0.4, -0.2) is 19.9 Å². The number of primary sulfonamides is 1. The van der Waals surface area contributed by atoms with E-state index >= 15 is 0 Å². The largest absolute Gasteiger partial charge is 0.368 e. The summed E-state index contributed by atoms with van der Waals surface area (Å²) in [5.74, 6) is 1.02. The van der Waals surface area contributed by atoms with Gasteiger partial charge in [-0.25, -0.2) is 18.5 Å². The summed E-state index contributed by atoms with van der Waals surface area (Å²) in [6, 6.07) is 3.06. The van der Waals surface area contributed by atoms with Crippen molar-refractivity contribution in [3.63, 3.8) is 0 Å². The van der Waals surface area contributed by atoms with E-state index in [1.165, 1.54) is 38.2 Å². The maximum Gasteiger partial charge on any atom is 0.241 e. The number of nitrogens with one attached hydrogen (secondary N) is 1. The van der Waals surface area contributed by atoms with Crippen molar-refractivity contribution in [2.45, 2.75) is 50.8 Å². The Morgan fingerprint density at radius 2 is 2.00 bits per heavy atom. The standard InChI is InChI=1S/C15H25N3O2S/c1-15(2,12-7-4-3-5-8-12)11-18-14-13(21(16,19)20)9-6-10-17-14/h6,9-10,12H,3-5,7-8,11H2,1-2H3,(H,17,18)(H2,16,19,20). The molecule has 21 heavy (non-hydrogen) atoms. The molecule has 3 N–H and O–H groups in total. The number of sulfonamides is 1. The Kier molecular flexibility index (Phi) is 4.88. The molecule has 0 spiro atoms. The van der Waals surface area contributed by atoms with Crippen LogP contribution in [0.5, 0.6) is 0 Å². The lowest BCUT2D eigenvalue weighted by Gasteiger charge is -2.37. The molecule has 0 unspecified atom stereocenters. The summed E-state index contributed by atoms with van der Waals surface area (Å²) in [5.41, 5.74) is 0.105. The molecule has 0 saturated heterocycles. The van der Waals surface area contributed by atoms with E-state index in [9.17, 15) is 8.42 Å². The van der Waals surface area contributed by atoms with Gasteiger partial charge < -0.3 is 5.32 Å². The summed E-state index contributed by atoms with van der Waals surface area (Å²) in [6.07, 6.45) is 7.98. The van der Waals surface area contributed by atoms with Crippen LogP contribution in [0, 0.1) is 11.3 Å². The highest BCUT2D eigenvalue weighted by Crippen LogP contribution is 2.38. The van der Waals surface area contributed by atoms with E-state index in [4.69, 9.17) is 5.14 Å². The molecular formula is C15H25N3O2S. The van der Waals surface area contributed by atoms with Gasteiger partial charge in [-0.2, -0.15) is 0 Å². The highest BCUT2D eigenvalue weighted by Gasteiger charge is 2.30. The fourth-order valence-electron chi connectivity index (χ4n) is 3.09. The van der Waals surface area contributed by atoms with Crippen molar-refractivity contribution in [1.82, 2.24) is 4.98 Å². The third kappa shape index (κ3) is 4.17. The second kappa shape index (κ2) is 6.32. The van der Waals surface area contributed by atoms with Crippen LogP contribution in [0.4, 0.5) is 5.82 Å². The number of anilines is 1. The van der Waals surface area contributed by atoms with Gasteiger partial charge in [-0.3, -0.25) is 0 Å².